The van der Waals surface area contributed by atoms with Gasteiger partial charge in [0, 0.05) is 25.2 Å². The lowest BCUT2D eigenvalue weighted by Gasteiger charge is -2.31. The molecule has 0 saturated carbocycles. The zero-order chi connectivity index (χ0) is 14.8. The predicted molar refractivity (Wildman–Crippen MR) is 73.6 cm³/mol. The average molecular weight is 299 g/mol. The minimum atomic E-state index is -3.59. The Morgan fingerprint density at radius 1 is 1.35 bits per heavy atom. The fraction of sp³-hybridized carbons (Fsp3) is 0.500. The maximum atomic E-state index is 12.4. The summed E-state index contributed by atoms with van der Waals surface area (Å²) in [6, 6.07) is 4.97. The Balaban J connectivity index is 2.23. The fourth-order valence-corrected chi connectivity index (χ4v) is 3.88. The van der Waals surface area contributed by atoms with Crippen molar-refractivity contribution in [3.8, 4) is 0 Å². The van der Waals surface area contributed by atoms with E-state index in [0.717, 1.165) is 12.8 Å². The summed E-state index contributed by atoms with van der Waals surface area (Å²) in [5, 5.41) is 10.6. The lowest BCUT2D eigenvalue weighted by molar-refractivity contribution is -0.384. The molecular formula is C12H17N3O4S. The first-order valence-corrected chi connectivity index (χ1v) is 7.84. The van der Waals surface area contributed by atoms with Gasteiger partial charge in [0.05, 0.1) is 9.82 Å². The van der Waals surface area contributed by atoms with Gasteiger partial charge in [0.2, 0.25) is 10.0 Å². The van der Waals surface area contributed by atoms with Crippen molar-refractivity contribution in [1.29, 1.82) is 0 Å². The van der Waals surface area contributed by atoms with Crippen molar-refractivity contribution in [2.75, 3.05) is 19.6 Å². The molecule has 1 aliphatic heterocycles. The van der Waals surface area contributed by atoms with Crippen LogP contribution < -0.4 is 5.73 Å². The molecule has 0 aliphatic carbocycles. The van der Waals surface area contributed by atoms with Gasteiger partial charge in [0.1, 0.15) is 0 Å². The van der Waals surface area contributed by atoms with Gasteiger partial charge in [-0.2, -0.15) is 4.31 Å². The average Bonchev–Trinajstić information content (AvgIpc) is 2.47. The summed E-state index contributed by atoms with van der Waals surface area (Å²) in [5.41, 5.74) is 5.48. The number of nitro benzene ring substituents is 1. The topological polar surface area (TPSA) is 107 Å². The summed E-state index contributed by atoms with van der Waals surface area (Å²) >= 11 is 0. The number of rotatable bonds is 4. The number of nitrogens with zero attached hydrogens (tertiary/aromatic N) is 2. The van der Waals surface area contributed by atoms with E-state index in [1.54, 1.807) is 0 Å². The van der Waals surface area contributed by atoms with Crippen LogP contribution in [0.15, 0.2) is 29.2 Å². The Morgan fingerprint density at radius 3 is 2.55 bits per heavy atom. The van der Waals surface area contributed by atoms with Gasteiger partial charge in [-0.25, -0.2) is 8.42 Å². The summed E-state index contributed by atoms with van der Waals surface area (Å²) in [5.74, 6) is 0.177. The maximum Gasteiger partial charge on any atom is 0.269 e. The molecule has 1 aromatic carbocycles. The molecule has 0 aromatic heterocycles. The van der Waals surface area contributed by atoms with Gasteiger partial charge in [0.25, 0.3) is 5.69 Å². The van der Waals surface area contributed by atoms with E-state index in [-0.39, 0.29) is 16.5 Å². The second kappa shape index (κ2) is 5.86. The van der Waals surface area contributed by atoms with Crippen molar-refractivity contribution in [1.82, 2.24) is 4.31 Å². The van der Waals surface area contributed by atoms with Gasteiger partial charge < -0.3 is 5.73 Å². The molecule has 0 bridgehead atoms. The number of nitro groups is 1. The third kappa shape index (κ3) is 2.97. The van der Waals surface area contributed by atoms with E-state index in [0.29, 0.717) is 19.6 Å². The summed E-state index contributed by atoms with van der Waals surface area (Å²) in [4.78, 5) is 10.1. The monoisotopic (exact) mass is 299 g/mol. The normalized spacial score (nSPS) is 20.8. The summed E-state index contributed by atoms with van der Waals surface area (Å²) in [7, 11) is -3.59. The van der Waals surface area contributed by atoms with E-state index in [9.17, 15) is 18.5 Å². The Hall–Kier alpha value is -1.51. The zero-order valence-corrected chi connectivity index (χ0v) is 11.8. The molecule has 1 aromatic rings. The van der Waals surface area contributed by atoms with Crippen molar-refractivity contribution >= 4 is 15.7 Å². The number of hydrogen-bond acceptors (Lipinski definition) is 5. The van der Waals surface area contributed by atoms with Gasteiger partial charge in [-0.05, 0) is 37.4 Å². The minimum absolute atomic E-state index is 0.0840. The first kappa shape index (κ1) is 14.9. The van der Waals surface area contributed by atoms with Crippen LogP contribution >= 0.6 is 0 Å². The molecule has 2 rings (SSSR count). The highest BCUT2D eigenvalue weighted by atomic mass is 32.2. The van der Waals surface area contributed by atoms with Crippen LogP contribution in [0.1, 0.15) is 12.8 Å². The van der Waals surface area contributed by atoms with E-state index in [2.05, 4.69) is 0 Å². The molecule has 110 valence electrons. The Labute approximate surface area is 117 Å². The molecular weight excluding hydrogens is 282 g/mol. The molecule has 0 spiro atoms. The molecule has 2 N–H and O–H groups in total. The minimum Gasteiger partial charge on any atom is -0.330 e. The zero-order valence-electron chi connectivity index (χ0n) is 10.9. The predicted octanol–water partition coefficient (Wildman–Crippen LogP) is 0.954. The highest BCUT2D eigenvalue weighted by Crippen LogP contribution is 2.24. The standard InChI is InChI=1S/C12H17N3O4S/c13-8-10-2-1-7-14(9-10)20(18,19)12-5-3-11(4-6-12)15(16)17/h3-6,10H,1-2,7-9,13H2/t10-/m1/s1. The van der Waals surface area contributed by atoms with E-state index >= 15 is 0 Å². The molecule has 0 amide bonds. The molecule has 7 nitrogen and oxygen atoms in total. The quantitative estimate of drug-likeness (QED) is 0.658. The lowest BCUT2D eigenvalue weighted by Crippen LogP contribution is -2.41. The number of sulfonamides is 1. The smallest absolute Gasteiger partial charge is 0.269 e. The molecule has 1 heterocycles. The van der Waals surface area contributed by atoms with Gasteiger partial charge in [-0.15, -0.1) is 0 Å². The van der Waals surface area contributed by atoms with Crippen molar-refractivity contribution in [2.45, 2.75) is 17.7 Å². The number of hydrogen-bond donors (Lipinski definition) is 1. The number of piperidine rings is 1. The third-order valence-corrected chi connectivity index (χ3v) is 5.38. The Morgan fingerprint density at radius 2 is 2.00 bits per heavy atom. The van der Waals surface area contributed by atoms with Crippen LogP contribution in [0.5, 0.6) is 0 Å². The molecule has 1 saturated heterocycles. The largest absolute Gasteiger partial charge is 0.330 e. The molecule has 20 heavy (non-hydrogen) atoms. The molecule has 1 atom stereocenters. The Kier molecular flexibility index (Phi) is 4.36. The van der Waals surface area contributed by atoms with Gasteiger partial charge in [-0.1, -0.05) is 0 Å². The van der Waals surface area contributed by atoms with Crippen LogP contribution in [0.25, 0.3) is 0 Å². The van der Waals surface area contributed by atoms with Crippen molar-refractivity contribution < 1.29 is 13.3 Å². The second-order valence-electron chi connectivity index (χ2n) is 4.86. The number of benzene rings is 1. The Bertz CT molecular complexity index is 585. The van der Waals surface area contributed by atoms with Crippen LogP contribution in [0.3, 0.4) is 0 Å². The van der Waals surface area contributed by atoms with Crippen LogP contribution in [0.4, 0.5) is 5.69 Å². The maximum absolute atomic E-state index is 12.4. The molecule has 8 heteroatoms. The van der Waals surface area contributed by atoms with Gasteiger partial charge >= 0.3 is 0 Å². The van der Waals surface area contributed by atoms with E-state index < -0.39 is 14.9 Å². The van der Waals surface area contributed by atoms with E-state index in [1.807, 2.05) is 0 Å². The lowest BCUT2D eigenvalue weighted by atomic mass is 10.0. The number of nitrogens with two attached hydrogens (primary N) is 1. The molecule has 0 radical (unpaired) electrons. The van der Waals surface area contributed by atoms with Crippen LogP contribution in [-0.2, 0) is 10.0 Å². The second-order valence-corrected chi connectivity index (χ2v) is 6.80. The van der Waals surface area contributed by atoms with Crippen molar-refractivity contribution in [3.63, 3.8) is 0 Å². The highest BCUT2D eigenvalue weighted by Gasteiger charge is 2.29. The summed E-state index contributed by atoms with van der Waals surface area (Å²) < 4.78 is 26.3. The number of non-ortho nitro benzene ring substituents is 1. The first-order valence-electron chi connectivity index (χ1n) is 6.40. The molecule has 1 aliphatic rings. The van der Waals surface area contributed by atoms with Crippen LogP contribution in [0, 0.1) is 16.0 Å². The van der Waals surface area contributed by atoms with Crippen molar-refractivity contribution in [3.05, 3.63) is 34.4 Å². The fourth-order valence-electron chi connectivity index (χ4n) is 2.33. The van der Waals surface area contributed by atoms with E-state index in [1.165, 1.54) is 28.6 Å². The molecule has 0 unspecified atom stereocenters. The summed E-state index contributed by atoms with van der Waals surface area (Å²) in [6.45, 7) is 1.35. The highest BCUT2D eigenvalue weighted by molar-refractivity contribution is 7.89. The van der Waals surface area contributed by atoms with Crippen LogP contribution in [0.2, 0.25) is 0 Å². The first-order chi connectivity index (χ1) is 9.45. The third-order valence-electron chi connectivity index (χ3n) is 3.50. The summed E-state index contributed by atoms with van der Waals surface area (Å²) in [6.07, 6.45) is 1.72. The van der Waals surface area contributed by atoms with E-state index in [4.69, 9.17) is 5.73 Å². The SMILES string of the molecule is NC[C@H]1CCCN(S(=O)(=O)c2ccc([N+](=O)[O-])cc2)C1. The molecule has 1 fully saturated rings. The van der Waals surface area contributed by atoms with Gasteiger partial charge in [-0.3, -0.25) is 10.1 Å². The van der Waals surface area contributed by atoms with Crippen LogP contribution in [-0.4, -0.2) is 37.3 Å². The van der Waals surface area contributed by atoms with Gasteiger partial charge in [0.15, 0.2) is 0 Å². The van der Waals surface area contributed by atoms with Crippen molar-refractivity contribution in [2.24, 2.45) is 11.7 Å².